The Labute approximate surface area is 106 Å². The molecule has 0 unspecified atom stereocenters. The van der Waals surface area contributed by atoms with E-state index in [4.69, 9.17) is 5.73 Å². The second-order valence-corrected chi connectivity index (χ2v) is 4.23. The van der Waals surface area contributed by atoms with Gasteiger partial charge in [-0.1, -0.05) is 54.1 Å². The van der Waals surface area contributed by atoms with Crippen LogP contribution in [0.15, 0.2) is 53.3 Å². The second kappa shape index (κ2) is 5.32. The van der Waals surface area contributed by atoms with E-state index in [1.165, 1.54) is 11.6 Å². The Morgan fingerprint density at radius 1 is 0.944 bits per heavy atom. The molecule has 0 saturated carbocycles. The van der Waals surface area contributed by atoms with E-state index in [-0.39, 0.29) is 11.1 Å². The van der Waals surface area contributed by atoms with Gasteiger partial charge in [0, 0.05) is 0 Å². The van der Waals surface area contributed by atoms with Crippen LogP contribution in [0, 0.1) is 6.92 Å². The molecule has 90 valence electrons. The fraction of sp³-hybridized carbons (Fsp3) is 0.0625. The summed E-state index contributed by atoms with van der Waals surface area (Å²) in [6, 6.07) is 15.0. The summed E-state index contributed by atoms with van der Waals surface area (Å²) >= 11 is 0. The normalized spacial score (nSPS) is 10.7. The predicted octanol–water partition coefficient (Wildman–Crippen LogP) is 3.11. The minimum Gasteiger partial charge on any atom is -0.396 e. The molecule has 0 spiro atoms. The Morgan fingerprint density at radius 3 is 2.44 bits per heavy atom. The van der Waals surface area contributed by atoms with Gasteiger partial charge in [0.25, 0.3) is 0 Å². The number of nitrogen functional groups attached to an aromatic ring is 1. The van der Waals surface area contributed by atoms with E-state index >= 15 is 0 Å². The van der Waals surface area contributed by atoms with Crippen LogP contribution >= 0.6 is 0 Å². The Kier molecular flexibility index (Phi) is 3.58. The summed E-state index contributed by atoms with van der Waals surface area (Å²) in [5, 5.41) is 0. The maximum absolute atomic E-state index is 11.3. The molecule has 0 saturated heterocycles. The molecule has 0 heterocycles. The van der Waals surface area contributed by atoms with Gasteiger partial charge < -0.3 is 5.73 Å². The minimum absolute atomic E-state index is 0.148. The van der Waals surface area contributed by atoms with E-state index in [0.29, 0.717) is 0 Å². The molecular weight excluding hydrogens is 222 g/mol. The van der Waals surface area contributed by atoms with Crippen molar-refractivity contribution < 1.29 is 0 Å². The molecule has 0 atom stereocenters. The third kappa shape index (κ3) is 3.08. The van der Waals surface area contributed by atoms with E-state index in [1.807, 2.05) is 30.4 Å². The standard InChI is InChI=1S/C16H15NO/c1-12-3-2-4-14(11-12)6-5-13-7-9-15(17)16(18)10-8-13/h2-11H,1H3,(H2,17,18). The van der Waals surface area contributed by atoms with Gasteiger partial charge >= 0.3 is 0 Å². The molecule has 2 N–H and O–H groups in total. The summed E-state index contributed by atoms with van der Waals surface area (Å²) in [6.45, 7) is 2.06. The highest BCUT2D eigenvalue weighted by Gasteiger charge is 1.91. The van der Waals surface area contributed by atoms with Crippen LogP contribution in [0.4, 0.5) is 5.69 Å². The summed E-state index contributed by atoms with van der Waals surface area (Å²) in [5.41, 5.74) is 8.99. The zero-order valence-electron chi connectivity index (χ0n) is 10.3. The average Bonchev–Trinajstić information content (AvgIpc) is 2.51. The van der Waals surface area contributed by atoms with Gasteiger partial charge in [0.1, 0.15) is 0 Å². The fourth-order valence-corrected chi connectivity index (χ4v) is 1.67. The second-order valence-electron chi connectivity index (χ2n) is 4.23. The van der Waals surface area contributed by atoms with Crippen molar-refractivity contribution in [3.8, 4) is 0 Å². The van der Waals surface area contributed by atoms with E-state index in [0.717, 1.165) is 11.1 Å². The van der Waals surface area contributed by atoms with Gasteiger partial charge in [0.05, 0.1) is 5.69 Å². The fourth-order valence-electron chi connectivity index (χ4n) is 1.67. The molecule has 0 aliphatic rings. The first-order chi connectivity index (χ1) is 8.65. The lowest BCUT2D eigenvalue weighted by Gasteiger charge is -1.95. The molecule has 0 radical (unpaired) electrons. The van der Waals surface area contributed by atoms with Crippen molar-refractivity contribution in [3.63, 3.8) is 0 Å². The van der Waals surface area contributed by atoms with Crippen LogP contribution in [0.2, 0.25) is 0 Å². The van der Waals surface area contributed by atoms with Gasteiger partial charge in [-0.2, -0.15) is 0 Å². The van der Waals surface area contributed by atoms with Crippen LogP contribution in [-0.4, -0.2) is 0 Å². The highest BCUT2D eigenvalue weighted by Crippen LogP contribution is 2.09. The van der Waals surface area contributed by atoms with E-state index in [9.17, 15) is 4.79 Å². The lowest BCUT2D eigenvalue weighted by molar-refractivity contribution is 1.46. The molecule has 0 amide bonds. The molecule has 2 rings (SSSR count). The third-order valence-corrected chi connectivity index (χ3v) is 2.68. The maximum Gasteiger partial charge on any atom is 0.201 e. The molecule has 2 aromatic rings. The molecule has 2 nitrogen and oxygen atoms in total. The number of hydrogen-bond donors (Lipinski definition) is 1. The first-order valence-electron chi connectivity index (χ1n) is 5.80. The van der Waals surface area contributed by atoms with Crippen LogP contribution in [-0.2, 0) is 0 Å². The number of rotatable bonds is 2. The van der Waals surface area contributed by atoms with Crippen LogP contribution in [0.5, 0.6) is 0 Å². The van der Waals surface area contributed by atoms with E-state index in [1.54, 1.807) is 12.1 Å². The van der Waals surface area contributed by atoms with Crippen molar-refractivity contribution in [2.24, 2.45) is 0 Å². The lowest BCUT2D eigenvalue weighted by Crippen LogP contribution is -2.01. The third-order valence-electron chi connectivity index (χ3n) is 2.68. The van der Waals surface area contributed by atoms with Gasteiger partial charge in [-0.3, -0.25) is 4.79 Å². The van der Waals surface area contributed by atoms with Crippen molar-refractivity contribution in [2.45, 2.75) is 6.92 Å². The molecule has 0 aliphatic carbocycles. The number of hydrogen-bond acceptors (Lipinski definition) is 2. The first kappa shape index (κ1) is 12.1. The van der Waals surface area contributed by atoms with Crippen molar-refractivity contribution in [1.29, 1.82) is 0 Å². The smallest absolute Gasteiger partial charge is 0.201 e. The van der Waals surface area contributed by atoms with Gasteiger partial charge in [-0.15, -0.1) is 0 Å². The van der Waals surface area contributed by atoms with E-state index < -0.39 is 0 Å². The molecule has 0 aromatic heterocycles. The number of aryl methyl sites for hydroxylation is 1. The van der Waals surface area contributed by atoms with Crippen LogP contribution in [0.25, 0.3) is 12.2 Å². The van der Waals surface area contributed by atoms with Gasteiger partial charge in [0.15, 0.2) is 0 Å². The summed E-state index contributed by atoms with van der Waals surface area (Å²) in [5.74, 6) is 0. The predicted molar refractivity (Wildman–Crippen MR) is 77.2 cm³/mol. The molecular formula is C16H15NO. The summed E-state index contributed by atoms with van der Waals surface area (Å²) < 4.78 is 0. The largest absolute Gasteiger partial charge is 0.396 e. The van der Waals surface area contributed by atoms with Crippen LogP contribution in [0.1, 0.15) is 16.7 Å². The molecule has 2 heteroatoms. The van der Waals surface area contributed by atoms with Crippen LogP contribution < -0.4 is 11.2 Å². The van der Waals surface area contributed by atoms with Crippen molar-refractivity contribution in [2.75, 3.05) is 5.73 Å². The number of anilines is 1. The van der Waals surface area contributed by atoms with Crippen molar-refractivity contribution in [1.82, 2.24) is 0 Å². The molecule has 2 aromatic carbocycles. The quantitative estimate of drug-likeness (QED) is 0.872. The highest BCUT2D eigenvalue weighted by atomic mass is 16.1. The van der Waals surface area contributed by atoms with Gasteiger partial charge in [-0.25, -0.2) is 0 Å². The Bertz CT molecular complexity index is 645. The molecule has 0 aliphatic heterocycles. The molecule has 0 bridgehead atoms. The number of benzene rings is 1. The Morgan fingerprint density at radius 2 is 1.67 bits per heavy atom. The maximum atomic E-state index is 11.3. The highest BCUT2D eigenvalue weighted by molar-refractivity contribution is 5.69. The first-order valence-corrected chi connectivity index (χ1v) is 5.80. The van der Waals surface area contributed by atoms with Crippen molar-refractivity contribution >= 4 is 17.8 Å². The summed E-state index contributed by atoms with van der Waals surface area (Å²) in [7, 11) is 0. The van der Waals surface area contributed by atoms with Gasteiger partial charge in [0.2, 0.25) is 5.43 Å². The molecule has 18 heavy (non-hydrogen) atoms. The summed E-state index contributed by atoms with van der Waals surface area (Å²) in [6.07, 6.45) is 3.98. The topological polar surface area (TPSA) is 43.1 Å². The van der Waals surface area contributed by atoms with Crippen LogP contribution in [0.3, 0.4) is 0 Å². The average molecular weight is 237 g/mol. The Balaban J connectivity index is 2.30. The number of nitrogens with two attached hydrogens (primary N) is 1. The van der Waals surface area contributed by atoms with Crippen molar-refractivity contribution in [3.05, 3.63) is 75.4 Å². The zero-order valence-corrected chi connectivity index (χ0v) is 10.3. The van der Waals surface area contributed by atoms with E-state index in [2.05, 4.69) is 19.1 Å². The molecule has 0 fully saturated rings. The zero-order chi connectivity index (χ0) is 13.0. The van der Waals surface area contributed by atoms with Gasteiger partial charge in [-0.05, 0) is 30.2 Å². The Hall–Kier alpha value is -2.35. The SMILES string of the molecule is Cc1cccc(C=Cc2ccc(N)c(=O)cc2)c1. The lowest BCUT2D eigenvalue weighted by atomic mass is 10.1. The summed E-state index contributed by atoms with van der Waals surface area (Å²) in [4.78, 5) is 11.3. The minimum atomic E-state index is -0.148. The monoisotopic (exact) mass is 237 g/mol.